The van der Waals surface area contributed by atoms with Gasteiger partial charge in [0.1, 0.15) is 5.52 Å². The summed E-state index contributed by atoms with van der Waals surface area (Å²) in [5.41, 5.74) is 2.21. The Morgan fingerprint density at radius 1 is 1.54 bits per heavy atom. The van der Waals surface area contributed by atoms with Gasteiger partial charge in [-0.3, -0.25) is 0 Å². The number of nitrogens with zero attached hydrogens (tertiary/aromatic N) is 1. The Labute approximate surface area is 76.8 Å². The first kappa shape index (κ1) is 8.10. The first-order valence-electron chi connectivity index (χ1n) is 4.38. The van der Waals surface area contributed by atoms with E-state index in [2.05, 4.69) is 16.9 Å². The lowest BCUT2D eigenvalue weighted by Crippen LogP contribution is -1.94. The lowest BCUT2D eigenvalue weighted by Gasteiger charge is -2.02. The summed E-state index contributed by atoms with van der Waals surface area (Å²) in [7, 11) is 0. The first-order valence-corrected chi connectivity index (χ1v) is 4.38. The quantitative estimate of drug-likeness (QED) is 0.762. The Kier molecular flexibility index (Phi) is 1.93. The molecular weight excluding hydrogens is 164 g/mol. The van der Waals surface area contributed by atoms with Crippen LogP contribution in [0.2, 0.25) is 0 Å². The molecule has 0 aliphatic carbocycles. The third kappa shape index (κ3) is 1.26. The number of pyridine rings is 1. The van der Waals surface area contributed by atoms with Crippen LogP contribution < -0.4 is 4.74 Å². The van der Waals surface area contributed by atoms with Gasteiger partial charge in [-0.25, -0.2) is 4.98 Å². The summed E-state index contributed by atoms with van der Waals surface area (Å²) >= 11 is 0. The minimum Gasteiger partial charge on any atom is -0.476 e. The second-order valence-electron chi connectivity index (χ2n) is 2.94. The van der Waals surface area contributed by atoms with Crippen LogP contribution in [0.5, 0.6) is 5.88 Å². The van der Waals surface area contributed by atoms with Gasteiger partial charge in [0.25, 0.3) is 0 Å². The van der Waals surface area contributed by atoms with Gasteiger partial charge >= 0.3 is 0 Å². The van der Waals surface area contributed by atoms with Gasteiger partial charge < -0.3 is 9.72 Å². The van der Waals surface area contributed by atoms with Crippen LogP contribution in [0.15, 0.2) is 18.5 Å². The number of ether oxygens (including phenoxy) is 1. The summed E-state index contributed by atoms with van der Waals surface area (Å²) in [6.45, 7) is 4.66. The van der Waals surface area contributed by atoms with E-state index < -0.39 is 0 Å². The smallest absolute Gasteiger partial charge is 0.238 e. The fourth-order valence-corrected chi connectivity index (χ4v) is 1.42. The molecule has 0 aromatic carbocycles. The highest BCUT2D eigenvalue weighted by molar-refractivity contribution is 5.86. The zero-order valence-corrected chi connectivity index (χ0v) is 7.79. The standard InChI is InChI=1S/C10H12N2O/c1-3-13-10-9-8(4-5-11-10)7(2)6-12-9/h4-6,12H,3H2,1-2H3. The number of aryl methyl sites for hydroxylation is 1. The summed E-state index contributed by atoms with van der Waals surface area (Å²) in [4.78, 5) is 7.31. The van der Waals surface area contributed by atoms with Crippen LogP contribution in [0.25, 0.3) is 10.9 Å². The zero-order valence-electron chi connectivity index (χ0n) is 7.79. The lowest BCUT2D eigenvalue weighted by molar-refractivity contribution is 0.330. The number of nitrogens with one attached hydrogen (secondary N) is 1. The molecule has 2 aromatic heterocycles. The van der Waals surface area contributed by atoms with E-state index >= 15 is 0 Å². The molecule has 3 heteroatoms. The maximum absolute atomic E-state index is 5.39. The molecule has 0 unspecified atom stereocenters. The van der Waals surface area contributed by atoms with Gasteiger partial charge in [-0.1, -0.05) is 0 Å². The third-order valence-electron chi connectivity index (χ3n) is 2.06. The van der Waals surface area contributed by atoms with Crippen molar-refractivity contribution in [3.8, 4) is 5.88 Å². The van der Waals surface area contributed by atoms with Crippen molar-refractivity contribution in [2.45, 2.75) is 13.8 Å². The predicted molar refractivity (Wildman–Crippen MR) is 52.0 cm³/mol. The predicted octanol–water partition coefficient (Wildman–Crippen LogP) is 2.27. The van der Waals surface area contributed by atoms with Crippen molar-refractivity contribution < 1.29 is 4.74 Å². The van der Waals surface area contributed by atoms with E-state index in [4.69, 9.17) is 4.74 Å². The van der Waals surface area contributed by atoms with E-state index in [9.17, 15) is 0 Å². The molecule has 2 rings (SSSR count). The van der Waals surface area contributed by atoms with Crippen molar-refractivity contribution in [2.24, 2.45) is 0 Å². The largest absolute Gasteiger partial charge is 0.476 e. The number of rotatable bonds is 2. The molecule has 0 fully saturated rings. The van der Waals surface area contributed by atoms with Gasteiger partial charge in [-0.2, -0.15) is 0 Å². The van der Waals surface area contributed by atoms with E-state index in [1.165, 1.54) is 10.9 Å². The fourth-order valence-electron chi connectivity index (χ4n) is 1.42. The van der Waals surface area contributed by atoms with Crippen LogP contribution in [0.3, 0.4) is 0 Å². The molecule has 0 radical (unpaired) electrons. The number of fused-ring (bicyclic) bond motifs is 1. The molecule has 13 heavy (non-hydrogen) atoms. The van der Waals surface area contributed by atoms with E-state index in [1.54, 1.807) is 6.20 Å². The maximum atomic E-state index is 5.39. The molecule has 68 valence electrons. The van der Waals surface area contributed by atoms with Gasteiger partial charge in [0, 0.05) is 17.8 Å². The molecule has 0 bridgehead atoms. The van der Waals surface area contributed by atoms with Gasteiger partial charge in [-0.05, 0) is 25.5 Å². The average Bonchev–Trinajstić information content (AvgIpc) is 2.50. The summed E-state index contributed by atoms with van der Waals surface area (Å²) in [5.74, 6) is 0.688. The van der Waals surface area contributed by atoms with Gasteiger partial charge in [0.05, 0.1) is 6.61 Å². The molecule has 0 amide bonds. The SMILES string of the molecule is CCOc1nccc2c(C)c[nH]c12. The van der Waals surface area contributed by atoms with E-state index in [0.717, 1.165) is 5.52 Å². The zero-order chi connectivity index (χ0) is 9.26. The monoisotopic (exact) mass is 176 g/mol. The number of H-pyrrole nitrogens is 1. The Hall–Kier alpha value is -1.51. The van der Waals surface area contributed by atoms with E-state index in [-0.39, 0.29) is 0 Å². The molecule has 0 aliphatic rings. The maximum Gasteiger partial charge on any atom is 0.238 e. The van der Waals surface area contributed by atoms with Crippen LogP contribution >= 0.6 is 0 Å². The topological polar surface area (TPSA) is 37.9 Å². The van der Waals surface area contributed by atoms with Crippen LogP contribution in [-0.4, -0.2) is 16.6 Å². The van der Waals surface area contributed by atoms with Crippen molar-refractivity contribution in [1.82, 2.24) is 9.97 Å². The lowest BCUT2D eigenvalue weighted by atomic mass is 10.2. The molecule has 2 heterocycles. The minimum absolute atomic E-state index is 0.643. The first-order chi connectivity index (χ1) is 6.33. The highest BCUT2D eigenvalue weighted by Crippen LogP contribution is 2.23. The normalized spacial score (nSPS) is 10.6. The number of aromatic amines is 1. The highest BCUT2D eigenvalue weighted by Gasteiger charge is 2.05. The molecular formula is C10H12N2O. The van der Waals surface area contributed by atoms with Crippen LogP contribution in [-0.2, 0) is 0 Å². The summed E-state index contributed by atoms with van der Waals surface area (Å²) in [6.07, 6.45) is 3.74. The molecule has 0 atom stereocenters. The minimum atomic E-state index is 0.643. The van der Waals surface area contributed by atoms with Crippen molar-refractivity contribution in [2.75, 3.05) is 6.61 Å². The Morgan fingerprint density at radius 3 is 3.15 bits per heavy atom. The Morgan fingerprint density at radius 2 is 2.38 bits per heavy atom. The summed E-state index contributed by atoms with van der Waals surface area (Å²) in [5, 5.41) is 1.18. The van der Waals surface area contributed by atoms with Gasteiger partial charge in [-0.15, -0.1) is 0 Å². The van der Waals surface area contributed by atoms with Crippen LogP contribution in [0.4, 0.5) is 0 Å². The Balaban J connectivity index is 2.63. The van der Waals surface area contributed by atoms with Crippen molar-refractivity contribution in [1.29, 1.82) is 0 Å². The third-order valence-corrected chi connectivity index (χ3v) is 2.06. The second-order valence-corrected chi connectivity index (χ2v) is 2.94. The summed E-state index contributed by atoms with van der Waals surface area (Å²) in [6, 6.07) is 1.99. The summed E-state index contributed by atoms with van der Waals surface area (Å²) < 4.78 is 5.39. The molecule has 0 saturated carbocycles. The fraction of sp³-hybridized carbons (Fsp3) is 0.300. The van der Waals surface area contributed by atoms with Crippen molar-refractivity contribution in [3.05, 3.63) is 24.0 Å². The van der Waals surface area contributed by atoms with Crippen molar-refractivity contribution >= 4 is 10.9 Å². The molecule has 1 N–H and O–H groups in total. The van der Waals surface area contributed by atoms with Gasteiger partial charge in [0.15, 0.2) is 0 Å². The average molecular weight is 176 g/mol. The highest BCUT2D eigenvalue weighted by atomic mass is 16.5. The molecule has 2 aromatic rings. The molecule has 3 nitrogen and oxygen atoms in total. The second kappa shape index (κ2) is 3.09. The van der Waals surface area contributed by atoms with E-state index in [1.807, 2.05) is 19.2 Å². The van der Waals surface area contributed by atoms with Crippen molar-refractivity contribution in [3.63, 3.8) is 0 Å². The Bertz CT molecular complexity index is 420. The number of hydrogen-bond acceptors (Lipinski definition) is 2. The number of hydrogen-bond donors (Lipinski definition) is 1. The molecule has 0 saturated heterocycles. The van der Waals surface area contributed by atoms with Crippen LogP contribution in [0.1, 0.15) is 12.5 Å². The number of aromatic nitrogens is 2. The molecule has 0 aliphatic heterocycles. The van der Waals surface area contributed by atoms with Gasteiger partial charge in [0.2, 0.25) is 5.88 Å². The van der Waals surface area contributed by atoms with E-state index in [0.29, 0.717) is 12.5 Å². The molecule has 0 spiro atoms. The van der Waals surface area contributed by atoms with Crippen LogP contribution in [0, 0.1) is 6.92 Å².